The number of hydrogen-bond donors (Lipinski definition) is 1. The standard InChI is InChI=1S/C20H24O/c1-14-7-8-15(2)19(11-14)13-20(21)18-10-9-16-5-3-4-6-17(16)12-18/h7-12,20-21H,3-6,13H2,1-2H3. The van der Waals surface area contributed by atoms with Gasteiger partial charge in [0.05, 0.1) is 6.10 Å². The third-order valence-electron chi connectivity index (χ3n) is 4.68. The van der Waals surface area contributed by atoms with Gasteiger partial charge in [-0.25, -0.2) is 0 Å². The number of hydrogen-bond acceptors (Lipinski definition) is 1. The molecular formula is C20H24O. The first-order chi connectivity index (χ1) is 10.1. The first-order valence-electron chi connectivity index (χ1n) is 7.99. The highest BCUT2D eigenvalue weighted by Gasteiger charge is 2.14. The van der Waals surface area contributed by atoms with E-state index < -0.39 is 6.10 Å². The summed E-state index contributed by atoms with van der Waals surface area (Å²) < 4.78 is 0. The van der Waals surface area contributed by atoms with Crippen LogP contribution in [0.3, 0.4) is 0 Å². The second-order valence-corrected chi connectivity index (χ2v) is 6.39. The highest BCUT2D eigenvalue weighted by atomic mass is 16.3. The third kappa shape index (κ3) is 3.19. The van der Waals surface area contributed by atoms with E-state index in [2.05, 4.69) is 50.2 Å². The Morgan fingerprint density at radius 3 is 2.52 bits per heavy atom. The molecule has 0 saturated carbocycles. The lowest BCUT2D eigenvalue weighted by Crippen LogP contribution is -2.07. The molecular weight excluding hydrogens is 256 g/mol. The van der Waals surface area contributed by atoms with Crippen molar-refractivity contribution in [2.75, 3.05) is 0 Å². The zero-order chi connectivity index (χ0) is 14.8. The van der Waals surface area contributed by atoms with Crippen LogP contribution in [0.4, 0.5) is 0 Å². The number of fused-ring (bicyclic) bond motifs is 1. The SMILES string of the molecule is Cc1ccc(C)c(CC(O)c2ccc3c(c2)CCCC3)c1. The molecule has 0 amide bonds. The number of aliphatic hydroxyl groups is 1. The molecule has 1 heteroatoms. The highest BCUT2D eigenvalue weighted by molar-refractivity contribution is 5.36. The van der Waals surface area contributed by atoms with Crippen LogP contribution in [0.1, 0.15) is 52.3 Å². The quantitative estimate of drug-likeness (QED) is 0.880. The number of aryl methyl sites for hydroxylation is 4. The van der Waals surface area contributed by atoms with E-state index in [1.807, 2.05) is 0 Å². The van der Waals surface area contributed by atoms with Crippen molar-refractivity contribution in [3.05, 3.63) is 69.8 Å². The summed E-state index contributed by atoms with van der Waals surface area (Å²) in [6.45, 7) is 4.22. The molecule has 0 aromatic heterocycles. The summed E-state index contributed by atoms with van der Waals surface area (Å²) in [5.41, 5.74) is 7.75. The molecule has 1 aliphatic rings. The highest BCUT2D eigenvalue weighted by Crippen LogP contribution is 2.27. The maximum absolute atomic E-state index is 10.6. The minimum absolute atomic E-state index is 0.405. The summed E-state index contributed by atoms with van der Waals surface area (Å²) >= 11 is 0. The fourth-order valence-corrected chi connectivity index (χ4v) is 3.31. The lowest BCUT2D eigenvalue weighted by atomic mass is 9.88. The first-order valence-corrected chi connectivity index (χ1v) is 7.99. The molecule has 0 heterocycles. The van der Waals surface area contributed by atoms with Gasteiger partial charge in [-0.3, -0.25) is 0 Å². The predicted molar refractivity (Wildman–Crippen MR) is 87.7 cm³/mol. The summed E-state index contributed by atoms with van der Waals surface area (Å²) in [5, 5.41) is 10.6. The van der Waals surface area contributed by atoms with Gasteiger partial charge in [0, 0.05) is 6.42 Å². The lowest BCUT2D eigenvalue weighted by molar-refractivity contribution is 0.178. The maximum atomic E-state index is 10.6. The maximum Gasteiger partial charge on any atom is 0.0830 e. The summed E-state index contributed by atoms with van der Waals surface area (Å²) in [7, 11) is 0. The van der Waals surface area contributed by atoms with Gasteiger partial charge in [0.1, 0.15) is 0 Å². The summed E-state index contributed by atoms with van der Waals surface area (Å²) in [4.78, 5) is 0. The van der Waals surface area contributed by atoms with E-state index in [0.29, 0.717) is 6.42 Å². The topological polar surface area (TPSA) is 20.2 Å². The third-order valence-corrected chi connectivity index (χ3v) is 4.68. The lowest BCUT2D eigenvalue weighted by Gasteiger charge is -2.19. The van der Waals surface area contributed by atoms with Crippen LogP contribution in [0.25, 0.3) is 0 Å². The minimum Gasteiger partial charge on any atom is -0.388 e. The summed E-state index contributed by atoms with van der Waals surface area (Å²) in [6, 6.07) is 13.0. The molecule has 0 radical (unpaired) electrons. The van der Waals surface area contributed by atoms with Crippen molar-refractivity contribution in [2.24, 2.45) is 0 Å². The Balaban J connectivity index is 1.82. The van der Waals surface area contributed by atoms with Crippen molar-refractivity contribution in [2.45, 2.75) is 52.1 Å². The van der Waals surface area contributed by atoms with Crippen LogP contribution in [0.5, 0.6) is 0 Å². The van der Waals surface area contributed by atoms with Crippen LogP contribution in [0.2, 0.25) is 0 Å². The fourth-order valence-electron chi connectivity index (χ4n) is 3.31. The second-order valence-electron chi connectivity index (χ2n) is 6.39. The van der Waals surface area contributed by atoms with Gasteiger partial charge >= 0.3 is 0 Å². The van der Waals surface area contributed by atoms with E-state index >= 15 is 0 Å². The van der Waals surface area contributed by atoms with Crippen molar-refractivity contribution < 1.29 is 5.11 Å². The molecule has 110 valence electrons. The van der Waals surface area contributed by atoms with Gasteiger partial charge in [-0.15, -0.1) is 0 Å². The van der Waals surface area contributed by atoms with Gasteiger partial charge in [0.25, 0.3) is 0 Å². The Kier molecular flexibility index (Phi) is 4.12. The normalized spacial score (nSPS) is 15.6. The summed E-state index contributed by atoms with van der Waals surface area (Å²) in [5.74, 6) is 0. The Labute approximate surface area is 127 Å². The van der Waals surface area contributed by atoms with Crippen LogP contribution in [0, 0.1) is 13.8 Å². The van der Waals surface area contributed by atoms with E-state index in [1.54, 1.807) is 0 Å². The van der Waals surface area contributed by atoms with E-state index in [9.17, 15) is 5.11 Å². The zero-order valence-corrected chi connectivity index (χ0v) is 13.0. The van der Waals surface area contributed by atoms with E-state index in [1.165, 1.54) is 53.5 Å². The molecule has 0 spiro atoms. The molecule has 0 aliphatic heterocycles. The minimum atomic E-state index is -0.405. The molecule has 1 aliphatic carbocycles. The molecule has 1 unspecified atom stereocenters. The largest absolute Gasteiger partial charge is 0.388 e. The smallest absolute Gasteiger partial charge is 0.0830 e. The molecule has 21 heavy (non-hydrogen) atoms. The molecule has 2 aromatic carbocycles. The average Bonchev–Trinajstić information content (AvgIpc) is 2.50. The van der Waals surface area contributed by atoms with Gasteiger partial charge < -0.3 is 5.11 Å². The van der Waals surface area contributed by atoms with Gasteiger partial charge in [-0.1, -0.05) is 42.0 Å². The molecule has 0 bridgehead atoms. The zero-order valence-electron chi connectivity index (χ0n) is 13.0. The molecule has 2 aromatic rings. The van der Waals surface area contributed by atoms with Crippen molar-refractivity contribution in [3.8, 4) is 0 Å². The Morgan fingerprint density at radius 2 is 1.71 bits per heavy atom. The van der Waals surface area contributed by atoms with Crippen LogP contribution in [0.15, 0.2) is 36.4 Å². The van der Waals surface area contributed by atoms with Gasteiger partial charge in [0.15, 0.2) is 0 Å². The molecule has 0 saturated heterocycles. The Hall–Kier alpha value is -1.60. The number of aliphatic hydroxyl groups excluding tert-OH is 1. The average molecular weight is 280 g/mol. The molecule has 3 rings (SSSR count). The van der Waals surface area contributed by atoms with E-state index in [4.69, 9.17) is 0 Å². The first kappa shape index (κ1) is 14.3. The molecule has 1 atom stereocenters. The number of rotatable bonds is 3. The van der Waals surface area contributed by atoms with Crippen molar-refractivity contribution in [1.29, 1.82) is 0 Å². The molecule has 0 fully saturated rings. The van der Waals surface area contributed by atoms with Crippen LogP contribution in [-0.2, 0) is 19.3 Å². The van der Waals surface area contributed by atoms with Crippen LogP contribution in [-0.4, -0.2) is 5.11 Å². The van der Waals surface area contributed by atoms with E-state index in [-0.39, 0.29) is 0 Å². The second kappa shape index (κ2) is 6.03. The number of benzene rings is 2. The van der Waals surface area contributed by atoms with Crippen molar-refractivity contribution >= 4 is 0 Å². The van der Waals surface area contributed by atoms with Crippen LogP contribution >= 0.6 is 0 Å². The molecule has 1 N–H and O–H groups in total. The predicted octanol–water partition coefficient (Wildman–Crippen LogP) is 4.46. The Bertz CT molecular complexity index is 642. The Morgan fingerprint density at radius 1 is 0.952 bits per heavy atom. The van der Waals surface area contributed by atoms with Crippen molar-refractivity contribution in [1.82, 2.24) is 0 Å². The summed E-state index contributed by atoms with van der Waals surface area (Å²) in [6.07, 6.45) is 5.24. The van der Waals surface area contributed by atoms with Gasteiger partial charge in [-0.2, -0.15) is 0 Å². The van der Waals surface area contributed by atoms with Crippen molar-refractivity contribution in [3.63, 3.8) is 0 Å². The molecule has 1 nitrogen and oxygen atoms in total. The van der Waals surface area contributed by atoms with Gasteiger partial charge in [-0.05, 0) is 67.3 Å². The fraction of sp³-hybridized carbons (Fsp3) is 0.400. The van der Waals surface area contributed by atoms with Gasteiger partial charge in [0.2, 0.25) is 0 Å². The monoisotopic (exact) mass is 280 g/mol. The van der Waals surface area contributed by atoms with Crippen LogP contribution < -0.4 is 0 Å². The van der Waals surface area contributed by atoms with E-state index in [0.717, 1.165) is 5.56 Å².